The number of fused-ring (bicyclic) bond motifs is 1. The van der Waals surface area contributed by atoms with Crippen molar-refractivity contribution in [1.29, 1.82) is 0 Å². The van der Waals surface area contributed by atoms with Crippen LogP contribution < -0.4 is 5.73 Å². The van der Waals surface area contributed by atoms with E-state index in [-0.39, 0.29) is 0 Å². The van der Waals surface area contributed by atoms with Gasteiger partial charge in [0.25, 0.3) is 0 Å². The molecule has 3 aromatic rings. The molecule has 0 aliphatic carbocycles. The number of aliphatic imine (C=N–C) groups is 1. The first kappa shape index (κ1) is 13.9. The summed E-state index contributed by atoms with van der Waals surface area (Å²) < 4.78 is 0. The van der Waals surface area contributed by atoms with Gasteiger partial charge in [0.15, 0.2) is 5.82 Å². The van der Waals surface area contributed by atoms with Crippen LogP contribution in [-0.4, -0.2) is 15.8 Å². The van der Waals surface area contributed by atoms with Crippen molar-refractivity contribution in [3.8, 4) is 0 Å². The average Bonchev–Trinajstić information content (AvgIpc) is 2.53. The summed E-state index contributed by atoms with van der Waals surface area (Å²) in [7, 11) is 0. The van der Waals surface area contributed by atoms with Gasteiger partial charge in [-0.25, -0.2) is 15.0 Å². The Balaban J connectivity index is 1.90. The number of amidine groups is 1. The molecule has 0 atom stereocenters. The van der Waals surface area contributed by atoms with Gasteiger partial charge in [-0.1, -0.05) is 36.4 Å². The molecular weight excluding hydrogens is 272 g/mol. The number of hydrogen-bond acceptors (Lipinski definition) is 3. The largest absolute Gasteiger partial charge is 0.387 e. The fraction of sp³-hybridized carbons (Fsp3) is 0.0556. The summed E-state index contributed by atoms with van der Waals surface area (Å²) in [6.07, 6.45) is 5.71. The molecule has 2 N–H and O–H groups in total. The zero-order valence-corrected chi connectivity index (χ0v) is 12.3. The topological polar surface area (TPSA) is 64.2 Å². The summed E-state index contributed by atoms with van der Waals surface area (Å²) in [4.78, 5) is 13.1. The highest BCUT2D eigenvalue weighted by Gasteiger charge is 1.99. The minimum absolute atomic E-state index is 0.530. The summed E-state index contributed by atoms with van der Waals surface area (Å²) in [6.45, 7) is 1.76. The molecule has 0 saturated heterocycles. The van der Waals surface area contributed by atoms with Crippen molar-refractivity contribution in [2.75, 3.05) is 0 Å². The molecule has 0 aliphatic rings. The van der Waals surface area contributed by atoms with Gasteiger partial charge in [0.2, 0.25) is 0 Å². The van der Waals surface area contributed by atoms with Crippen molar-refractivity contribution >= 4 is 34.6 Å². The summed E-state index contributed by atoms with van der Waals surface area (Å²) >= 11 is 0. The van der Waals surface area contributed by atoms with E-state index < -0.39 is 0 Å². The lowest BCUT2D eigenvalue weighted by molar-refractivity contribution is 1.18. The maximum Gasteiger partial charge on any atom is 0.152 e. The van der Waals surface area contributed by atoms with E-state index in [1.807, 2.05) is 60.7 Å². The van der Waals surface area contributed by atoms with Crippen LogP contribution >= 0.6 is 0 Å². The molecule has 0 aliphatic heterocycles. The van der Waals surface area contributed by atoms with E-state index >= 15 is 0 Å². The Bertz CT molecular complexity index is 847. The number of nitrogens with two attached hydrogens (primary N) is 1. The predicted octanol–water partition coefficient (Wildman–Crippen LogP) is 3.81. The third-order valence-corrected chi connectivity index (χ3v) is 3.11. The molecule has 4 heteroatoms. The van der Waals surface area contributed by atoms with Crippen molar-refractivity contribution in [2.45, 2.75) is 6.92 Å². The molecule has 0 amide bonds. The lowest BCUT2D eigenvalue weighted by atomic mass is 10.2. The smallest absolute Gasteiger partial charge is 0.152 e. The first-order valence-corrected chi connectivity index (χ1v) is 7.01. The van der Waals surface area contributed by atoms with Crippen molar-refractivity contribution in [3.63, 3.8) is 0 Å². The van der Waals surface area contributed by atoms with Gasteiger partial charge in [-0.05, 0) is 36.8 Å². The van der Waals surface area contributed by atoms with Crippen molar-refractivity contribution < 1.29 is 0 Å². The predicted molar refractivity (Wildman–Crippen MR) is 91.9 cm³/mol. The average molecular weight is 288 g/mol. The van der Waals surface area contributed by atoms with Gasteiger partial charge in [-0.3, -0.25) is 0 Å². The lowest BCUT2D eigenvalue weighted by Crippen LogP contribution is -2.03. The molecule has 1 heterocycles. The highest BCUT2D eigenvalue weighted by atomic mass is 14.9. The van der Waals surface area contributed by atoms with Gasteiger partial charge >= 0.3 is 0 Å². The molecule has 4 nitrogen and oxygen atoms in total. The Morgan fingerprint density at radius 3 is 2.68 bits per heavy atom. The van der Waals surface area contributed by atoms with Crippen LogP contribution in [0.2, 0.25) is 0 Å². The zero-order valence-electron chi connectivity index (χ0n) is 12.3. The van der Waals surface area contributed by atoms with E-state index in [0.717, 1.165) is 22.2 Å². The molecule has 2 aromatic carbocycles. The molecule has 0 spiro atoms. The Morgan fingerprint density at radius 1 is 1.09 bits per heavy atom. The van der Waals surface area contributed by atoms with E-state index in [2.05, 4.69) is 15.0 Å². The van der Waals surface area contributed by atoms with Gasteiger partial charge in [0.05, 0.1) is 17.0 Å². The van der Waals surface area contributed by atoms with Crippen LogP contribution in [-0.2, 0) is 0 Å². The van der Waals surface area contributed by atoms with E-state index in [0.29, 0.717) is 11.7 Å². The Kier molecular flexibility index (Phi) is 3.92. The number of aromatic nitrogens is 2. The summed E-state index contributed by atoms with van der Waals surface area (Å²) in [5.41, 5.74) is 8.41. The van der Waals surface area contributed by atoms with Gasteiger partial charge in [-0.15, -0.1) is 0 Å². The van der Waals surface area contributed by atoms with E-state index in [1.54, 1.807) is 13.1 Å². The quantitative estimate of drug-likeness (QED) is 0.588. The summed E-state index contributed by atoms with van der Waals surface area (Å²) in [6, 6.07) is 15.8. The van der Waals surface area contributed by atoms with E-state index in [9.17, 15) is 0 Å². The Morgan fingerprint density at radius 2 is 1.91 bits per heavy atom. The van der Waals surface area contributed by atoms with Crippen LogP contribution in [0.15, 0.2) is 59.7 Å². The fourth-order valence-electron chi connectivity index (χ4n) is 2.12. The highest BCUT2D eigenvalue weighted by molar-refractivity contribution is 5.85. The Labute approximate surface area is 129 Å². The van der Waals surface area contributed by atoms with Crippen LogP contribution in [0.5, 0.6) is 0 Å². The van der Waals surface area contributed by atoms with Crippen molar-refractivity contribution in [3.05, 3.63) is 66.1 Å². The van der Waals surface area contributed by atoms with Crippen molar-refractivity contribution in [1.82, 2.24) is 9.97 Å². The first-order chi connectivity index (χ1) is 10.7. The van der Waals surface area contributed by atoms with Crippen LogP contribution in [0.1, 0.15) is 18.3 Å². The first-order valence-electron chi connectivity index (χ1n) is 7.01. The standard InChI is InChI=1S/C18H16N4/c1-13(19)21-16-8-9-17-15(11-16)12-20-18(22-17)10-7-14-5-3-2-4-6-14/h2-12H,1H3,(H2,19,21). The van der Waals surface area contributed by atoms with Gasteiger partial charge in [0, 0.05) is 11.6 Å². The second-order valence-corrected chi connectivity index (χ2v) is 4.97. The third kappa shape index (κ3) is 3.35. The molecular formula is C18H16N4. The minimum Gasteiger partial charge on any atom is -0.387 e. The molecule has 22 heavy (non-hydrogen) atoms. The number of nitrogens with zero attached hydrogens (tertiary/aromatic N) is 3. The molecule has 0 radical (unpaired) electrons. The number of benzene rings is 2. The van der Waals surface area contributed by atoms with E-state index in [4.69, 9.17) is 5.73 Å². The molecule has 0 saturated carbocycles. The van der Waals surface area contributed by atoms with Crippen LogP contribution in [0, 0.1) is 0 Å². The maximum absolute atomic E-state index is 5.60. The van der Waals surface area contributed by atoms with Crippen LogP contribution in [0.3, 0.4) is 0 Å². The maximum atomic E-state index is 5.60. The number of hydrogen-bond donors (Lipinski definition) is 1. The van der Waals surface area contributed by atoms with Crippen LogP contribution in [0.4, 0.5) is 5.69 Å². The second-order valence-electron chi connectivity index (χ2n) is 4.97. The summed E-state index contributed by atoms with van der Waals surface area (Å²) in [5.74, 6) is 1.21. The fourth-order valence-corrected chi connectivity index (χ4v) is 2.12. The van der Waals surface area contributed by atoms with Gasteiger partial charge < -0.3 is 5.73 Å². The third-order valence-electron chi connectivity index (χ3n) is 3.11. The van der Waals surface area contributed by atoms with Crippen LogP contribution in [0.25, 0.3) is 23.1 Å². The Hall–Kier alpha value is -3.01. The monoisotopic (exact) mass is 288 g/mol. The van der Waals surface area contributed by atoms with Gasteiger partial charge in [-0.2, -0.15) is 0 Å². The molecule has 0 unspecified atom stereocenters. The molecule has 1 aromatic heterocycles. The minimum atomic E-state index is 0.530. The zero-order chi connectivity index (χ0) is 15.4. The van der Waals surface area contributed by atoms with E-state index in [1.165, 1.54) is 0 Å². The highest BCUT2D eigenvalue weighted by Crippen LogP contribution is 2.19. The molecule has 108 valence electrons. The SMILES string of the molecule is CC(N)=Nc1ccc2nc(C=Cc3ccccc3)ncc2c1. The lowest BCUT2D eigenvalue weighted by Gasteiger charge is -2.01. The number of rotatable bonds is 3. The molecule has 0 fully saturated rings. The summed E-state index contributed by atoms with van der Waals surface area (Å²) in [5, 5.41) is 0.944. The molecule has 0 bridgehead atoms. The van der Waals surface area contributed by atoms with Gasteiger partial charge in [0.1, 0.15) is 0 Å². The normalized spacial score (nSPS) is 12.1. The second kappa shape index (κ2) is 6.18. The van der Waals surface area contributed by atoms with Crippen molar-refractivity contribution in [2.24, 2.45) is 10.7 Å². The molecule has 3 rings (SSSR count).